The van der Waals surface area contributed by atoms with Crippen molar-refractivity contribution in [2.45, 2.75) is 32.7 Å². The van der Waals surface area contributed by atoms with Crippen LogP contribution in [0.3, 0.4) is 0 Å². The topological polar surface area (TPSA) is 55.6 Å². The van der Waals surface area contributed by atoms with Gasteiger partial charge >= 0.3 is 0 Å². The Kier molecular flexibility index (Phi) is 5.05. The first-order chi connectivity index (χ1) is 7.15. The monoisotopic (exact) mass is 214 g/mol. The molecule has 88 valence electrons. The van der Waals surface area contributed by atoms with Gasteiger partial charge in [-0.3, -0.25) is 4.79 Å². The zero-order valence-corrected chi connectivity index (χ0v) is 9.74. The fraction of sp³-hybridized carbons (Fsp3) is 0.909. The maximum absolute atomic E-state index is 11.8. The van der Waals surface area contributed by atoms with E-state index in [1.54, 1.807) is 0 Å². The molecule has 1 rings (SSSR count). The summed E-state index contributed by atoms with van der Waals surface area (Å²) in [5.74, 6) is 0.628. The lowest BCUT2D eigenvalue weighted by molar-refractivity contribution is -0.137. The van der Waals surface area contributed by atoms with Gasteiger partial charge in [0.15, 0.2) is 0 Å². The van der Waals surface area contributed by atoms with Gasteiger partial charge in [-0.05, 0) is 18.8 Å². The van der Waals surface area contributed by atoms with E-state index in [4.69, 9.17) is 10.5 Å². The van der Waals surface area contributed by atoms with Gasteiger partial charge in [0.1, 0.15) is 6.61 Å². The minimum atomic E-state index is 0.111. The minimum Gasteiger partial charge on any atom is -0.370 e. The van der Waals surface area contributed by atoms with Gasteiger partial charge in [0, 0.05) is 19.1 Å². The molecule has 1 aliphatic rings. The lowest BCUT2D eigenvalue weighted by Crippen LogP contribution is -2.38. The number of ether oxygens (including phenoxy) is 1. The Hall–Kier alpha value is -0.610. The van der Waals surface area contributed by atoms with Crippen LogP contribution in [-0.4, -0.2) is 43.2 Å². The molecule has 4 heteroatoms. The van der Waals surface area contributed by atoms with Crippen molar-refractivity contribution in [1.82, 2.24) is 4.90 Å². The molecular weight excluding hydrogens is 192 g/mol. The molecule has 1 aliphatic carbocycles. The molecule has 0 aliphatic heterocycles. The lowest BCUT2D eigenvalue weighted by Gasteiger charge is -2.24. The SMILES string of the molecule is CC(C)CN(C(=O)COCCN)C1CC1. The van der Waals surface area contributed by atoms with E-state index in [0.29, 0.717) is 25.1 Å². The molecule has 0 spiro atoms. The summed E-state index contributed by atoms with van der Waals surface area (Å²) in [5, 5.41) is 0. The van der Waals surface area contributed by atoms with Crippen molar-refractivity contribution in [3.63, 3.8) is 0 Å². The Bertz CT molecular complexity index is 203. The average Bonchev–Trinajstić information content (AvgIpc) is 2.97. The summed E-state index contributed by atoms with van der Waals surface area (Å²) in [6, 6.07) is 0.473. The Morgan fingerprint density at radius 3 is 2.67 bits per heavy atom. The number of rotatable bonds is 7. The van der Waals surface area contributed by atoms with Gasteiger partial charge in [-0.25, -0.2) is 0 Å². The van der Waals surface area contributed by atoms with Crippen LogP contribution in [0.1, 0.15) is 26.7 Å². The number of nitrogens with two attached hydrogens (primary N) is 1. The van der Waals surface area contributed by atoms with E-state index in [2.05, 4.69) is 13.8 Å². The standard InChI is InChI=1S/C11H22N2O2/c1-9(2)7-13(10-3-4-10)11(14)8-15-6-5-12/h9-10H,3-8,12H2,1-2H3. The van der Waals surface area contributed by atoms with E-state index in [-0.39, 0.29) is 12.5 Å². The van der Waals surface area contributed by atoms with Crippen LogP contribution in [0.2, 0.25) is 0 Å². The Labute approximate surface area is 91.8 Å². The molecule has 0 saturated heterocycles. The van der Waals surface area contributed by atoms with E-state index in [9.17, 15) is 4.79 Å². The number of hydrogen-bond donors (Lipinski definition) is 1. The molecule has 0 aromatic heterocycles. The van der Waals surface area contributed by atoms with Crippen LogP contribution in [0.25, 0.3) is 0 Å². The number of carbonyl (C=O) groups excluding carboxylic acids is 1. The second-order valence-corrected chi connectivity index (χ2v) is 4.51. The van der Waals surface area contributed by atoms with Crippen LogP contribution >= 0.6 is 0 Å². The van der Waals surface area contributed by atoms with E-state index in [1.807, 2.05) is 4.90 Å². The smallest absolute Gasteiger partial charge is 0.248 e. The highest BCUT2D eigenvalue weighted by Gasteiger charge is 2.32. The lowest BCUT2D eigenvalue weighted by atomic mass is 10.2. The summed E-state index contributed by atoms with van der Waals surface area (Å²) in [6.07, 6.45) is 2.30. The molecular formula is C11H22N2O2. The molecule has 0 heterocycles. The normalized spacial score (nSPS) is 15.7. The number of amides is 1. The van der Waals surface area contributed by atoms with Gasteiger partial charge in [0.05, 0.1) is 6.61 Å². The summed E-state index contributed by atoms with van der Waals surface area (Å²) in [7, 11) is 0. The van der Waals surface area contributed by atoms with Crippen molar-refractivity contribution in [2.24, 2.45) is 11.7 Å². The molecule has 2 N–H and O–H groups in total. The van der Waals surface area contributed by atoms with Crippen LogP contribution < -0.4 is 5.73 Å². The second-order valence-electron chi connectivity index (χ2n) is 4.51. The predicted molar refractivity (Wildman–Crippen MR) is 59.4 cm³/mol. The third kappa shape index (κ3) is 4.62. The Balaban J connectivity index is 2.30. The van der Waals surface area contributed by atoms with Crippen LogP contribution in [0.15, 0.2) is 0 Å². The summed E-state index contributed by atoms with van der Waals surface area (Å²) in [5.41, 5.74) is 5.29. The molecule has 0 bridgehead atoms. The van der Waals surface area contributed by atoms with Crippen LogP contribution in [0.5, 0.6) is 0 Å². The molecule has 0 atom stereocenters. The van der Waals surface area contributed by atoms with Crippen molar-refractivity contribution >= 4 is 5.91 Å². The van der Waals surface area contributed by atoms with E-state index in [0.717, 1.165) is 19.4 Å². The first-order valence-electron chi connectivity index (χ1n) is 5.72. The fourth-order valence-electron chi connectivity index (χ4n) is 1.56. The number of hydrogen-bond acceptors (Lipinski definition) is 3. The second kappa shape index (κ2) is 6.08. The summed E-state index contributed by atoms with van der Waals surface area (Å²) in [6.45, 7) is 6.22. The van der Waals surface area contributed by atoms with Gasteiger partial charge in [0.2, 0.25) is 5.91 Å². The number of nitrogens with zero attached hydrogens (tertiary/aromatic N) is 1. The van der Waals surface area contributed by atoms with Crippen LogP contribution in [0.4, 0.5) is 0 Å². The van der Waals surface area contributed by atoms with Gasteiger partial charge in [-0.15, -0.1) is 0 Å². The molecule has 0 aromatic rings. The number of carbonyl (C=O) groups is 1. The quantitative estimate of drug-likeness (QED) is 0.632. The third-order valence-electron chi connectivity index (χ3n) is 2.36. The molecule has 1 fully saturated rings. The average molecular weight is 214 g/mol. The largest absolute Gasteiger partial charge is 0.370 e. The van der Waals surface area contributed by atoms with Crippen LogP contribution in [0, 0.1) is 5.92 Å². The summed E-state index contributed by atoms with van der Waals surface area (Å²) >= 11 is 0. The van der Waals surface area contributed by atoms with Crippen LogP contribution in [-0.2, 0) is 9.53 Å². The van der Waals surface area contributed by atoms with Gasteiger partial charge in [0.25, 0.3) is 0 Å². The first-order valence-corrected chi connectivity index (χ1v) is 5.72. The first kappa shape index (κ1) is 12.5. The van der Waals surface area contributed by atoms with Gasteiger partial charge in [-0.1, -0.05) is 13.8 Å². The van der Waals surface area contributed by atoms with Crippen molar-refractivity contribution in [3.8, 4) is 0 Å². The zero-order chi connectivity index (χ0) is 11.3. The van der Waals surface area contributed by atoms with Gasteiger partial charge < -0.3 is 15.4 Å². The maximum atomic E-state index is 11.8. The Morgan fingerprint density at radius 2 is 2.20 bits per heavy atom. The predicted octanol–water partition coefficient (Wildman–Crippen LogP) is 0.609. The Morgan fingerprint density at radius 1 is 1.53 bits per heavy atom. The molecule has 4 nitrogen and oxygen atoms in total. The van der Waals surface area contributed by atoms with E-state index < -0.39 is 0 Å². The minimum absolute atomic E-state index is 0.111. The highest BCUT2D eigenvalue weighted by Crippen LogP contribution is 2.27. The fourth-order valence-corrected chi connectivity index (χ4v) is 1.56. The van der Waals surface area contributed by atoms with E-state index in [1.165, 1.54) is 0 Å². The molecule has 1 saturated carbocycles. The highest BCUT2D eigenvalue weighted by molar-refractivity contribution is 5.78. The molecule has 0 unspecified atom stereocenters. The highest BCUT2D eigenvalue weighted by atomic mass is 16.5. The third-order valence-corrected chi connectivity index (χ3v) is 2.36. The molecule has 15 heavy (non-hydrogen) atoms. The van der Waals surface area contributed by atoms with Crippen molar-refractivity contribution in [1.29, 1.82) is 0 Å². The van der Waals surface area contributed by atoms with Gasteiger partial charge in [-0.2, -0.15) is 0 Å². The maximum Gasteiger partial charge on any atom is 0.248 e. The van der Waals surface area contributed by atoms with E-state index >= 15 is 0 Å². The summed E-state index contributed by atoms with van der Waals surface area (Å²) in [4.78, 5) is 13.8. The molecule has 0 aromatic carbocycles. The molecule has 1 amide bonds. The van der Waals surface area contributed by atoms with Crippen molar-refractivity contribution in [3.05, 3.63) is 0 Å². The van der Waals surface area contributed by atoms with Crippen molar-refractivity contribution in [2.75, 3.05) is 26.3 Å². The zero-order valence-electron chi connectivity index (χ0n) is 9.74. The van der Waals surface area contributed by atoms with Crippen molar-refractivity contribution < 1.29 is 9.53 Å². The summed E-state index contributed by atoms with van der Waals surface area (Å²) < 4.78 is 5.17. The molecule has 0 radical (unpaired) electrons.